The zero-order valence-electron chi connectivity index (χ0n) is 56.0. The standard InChI is InChI=1S/C71H122O24/c1-5-6-7-8-9-10-11-12-13-14-15-16-17-32-55(81)65(89)70-68(92)60(86)42-62(95-70)69(93)64(88)45(3)35-37-54(80)61-41-59(85)67(91)71(94-61)66(90)57(83)38-44(2)34-36-51(77)40-58(84)63(87)46(4)39-56(82)53(79)33-22-30-50(76)28-20-26-48(74)24-18-23-47(73)25-19-27-49(75)29-21-31-52(78)43-72/h5-6,9-14,17,19,21,25,29,32,38,46-93H,3,7-8,15-16,18,20,22-24,26-28,30-31,33-37,39-43H2,1-2,4H3/b6-5+,10-9+,12-11+,14-13+,25-19+,29-21+,32-17+,44-38+. The molecular formula is C71H122O24. The largest absolute Gasteiger partial charge is 0.394 e. The van der Waals surface area contributed by atoms with Gasteiger partial charge in [-0.25, -0.2) is 0 Å². The highest BCUT2D eigenvalue weighted by atomic mass is 16.6. The quantitative estimate of drug-likeness (QED) is 0.0230. The molecule has 2 aliphatic rings. The summed E-state index contributed by atoms with van der Waals surface area (Å²) in [5.41, 5.74) is 0.470. The van der Waals surface area contributed by atoms with Gasteiger partial charge in [-0.1, -0.05) is 110 Å². The van der Waals surface area contributed by atoms with Gasteiger partial charge in [0.2, 0.25) is 0 Å². The van der Waals surface area contributed by atoms with Gasteiger partial charge in [0.15, 0.2) is 0 Å². The predicted molar refractivity (Wildman–Crippen MR) is 358 cm³/mol. The van der Waals surface area contributed by atoms with Crippen LogP contribution in [0.15, 0.2) is 109 Å². The van der Waals surface area contributed by atoms with Crippen molar-refractivity contribution < 1.29 is 122 Å². The molecule has 2 fully saturated rings. The van der Waals surface area contributed by atoms with Crippen LogP contribution in [0.25, 0.3) is 0 Å². The van der Waals surface area contributed by atoms with Gasteiger partial charge in [0.05, 0.1) is 98.2 Å². The van der Waals surface area contributed by atoms with Gasteiger partial charge in [0, 0.05) is 19.3 Å². The van der Waals surface area contributed by atoms with Gasteiger partial charge >= 0.3 is 0 Å². The highest BCUT2D eigenvalue weighted by Gasteiger charge is 2.47. The summed E-state index contributed by atoms with van der Waals surface area (Å²) in [5, 5.41) is 233. The highest BCUT2D eigenvalue weighted by Crippen LogP contribution is 2.32. The predicted octanol–water partition coefficient (Wildman–Crippen LogP) is 1.12. The molecule has 24 nitrogen and oxygen atoms in total. The maximum absolute atomic E-state index is 11.2. The van der Waals surface area contributed by atoms with Crippen LogP contribution >= 0.6 is 0 Å². The van der Waals surface area contributed by atoms with E-state index in [0.717, 1.165) is 12.8 Å². The molecule has 550 valence electrons. The highest BCUT2D eigenvalue weighted by molar-refractivity contribution is 5.13. The van der Waals surface area contributed by atoms with E-state index in [1.54, 1.807) is 38.2 Å². The summed E-state index contributed by atoms with van der Waals surface area (Å²) in [6.07, 6.45) is -1.40. The summed E-state index contributed by atoms with van der Waals surface area (Å²) in [6.45, 7) is 8.61. The molecule has 2 rings (SSSR count). The third-order valence-electron chi connectivity index (χ3n) is 17.7. The fourth-order valence-electron chi connectivity index (χ4n) is 11.5. The number of hydrogen-bond acceptors (Lipinski definition) is 24. The SMILES string of the molecule is C=C(CCC(O)C1CC(O)C(O)C(C(O)C(O)/C=C(\C)CCC(O)CC(O)C(O)C(C)CC(O)C(O)CCCC(O)CCCC(O)CCCC(O)/C=C/CC(O)/C=C/CC(O)CO)O1)C(O)C(O)C1CC(O)C(O)C(C(O)C(O)/C=C/CC/C=C/C=C/C=C/CC/C=C/C)O1. The van der Waals surface area contributed by atoms with E-state index in [0.29, 0.717) is 69.8 Å². The Labute approximate surface area is 562 Å². The van der Waals surface area contributed by atoms with Crippen molar-refractivity contribution in [2.24, 2.45) is 5.92 Å². The van der Waals surface area contributed by atoms with Crippen molar-refractivity contribution in [3.63, 3.8) is 0 Å². The van der Waals surface area contributed by atoms with Crippen molar-refractivity contribution in [3.05, 3.63) is 109 Å². The normalized spacial score (nSPS) is 27.0. The molecular weight excluding hydrogens is 1240 g/mol. The van der Waals surface area contributed by atoms with Crippen LogP contribution in [-0.2, 0) is 9.47 Å². The van der Waals surface area contributed by atoms with Crippen molar-refractivity contribution in [2.75, 3.05) is 6.61 Å². The van der Waals surface area contributed by atoms with Gasteiger partial charge in [0.1, 0.15) is 61.0 Å². The Balaban J connectivity index is 1.76. The Bertz CT molecular complexity index is 2260. The lowest BCUT2D eigenvalue weighted by Crippen LogP contribution is -2.59. The Kier molecular flexibility index (Phi) is 45.5. The summed E-state index contributed by atoms with van der Waals surface area (Å²) in [4.78, 5) is 0. The number of allylic oxidation sites excluding steroid dienone is 10. The summed E-state index contributed by atoms with van der Waals surface area (Å²) in [5.74, 6) is -0.709. The van der Waals surface area contributed by atoms with E-state index in [4.69, 9.17) is 14.6 Å². The molecule has 0 spiro atoms. The summed E-state index contributed by atoms with van der Waals surface area (Å²) >= 11 is 0. The lowest BCUT2D eigenvalue weighted by atomic mass is 9.87. The third-order valence-corrected chi connectivity index (χ3v) is 17.7. The number of unbranched alkanes of at least 4 members (excludes halogenated alkanes) is 2. The van der Waals surface area contributed by atoms with Crippen LogP contribution < -0.4 is 0 Å². The molecule has 24 heteroatoms. The number of aliphatic hydroxyl groups is 22. The first-order valence-corrected chi connectivity index (χ1v) is 34.2. The zero-order chi connectivity index (χ0) is 71.2. The third kappa shape index (κ3) is 35.5. The summed E-state index contributed by atoms with van der Waals surface area (Å²) in [7, 11) is 0. The first-order chi connectivity index (χ1) is 45.0. The fraction of sp³-hybridized carbons (Fsp3) is 0.746. The molecule has 26 unspecified atom stereocenters. The molecule has 0 amide bonds. The molecule has 2 saturated heterocycles. The maximum atomic E-state index is 11.2. The average molecular weight is 1360 g/mol. The van der Waals surface area contributed by atoms with Crippen molar-refractivity contribution >= 4 is 0 Å². The molecule has 0 bridgehead atoms. The molecule has 0 radical (unpaired) electrons. The van der Waals surface area contributed by atoms with Crippen LogP contribution in [0.3, 0.4) is 0 Å². The smallest absolute Gasteiger partial charge is 0.115 e. The van der Waals surface area contributed by atoms with Gasteiger partial charge in [-0.05, 0) is 154 Å². The molecule has 0 aromatic heterocycles. The number of ether oxygens (including phenoxy) is 2. The Morgan fingerprint density at radius 3 is 1.59 bits per heavy atom. The van der Waals surface area contributed by atoms with Crippen LogP contribution in [0.5, 0.6) is 0 Å². The van der Waals surface area contributed by atoms with Crippen LogP contribution in [0.4, 0.5) is 0 Å². The molecule has 0 saturated carbocycles. The Morgan fingerprint density at radius 1 is 0.484 bits per heavy atom. The summed E-state index contributed by atoms with van der Waals surface area (Å²) in [6, 6.07) is 0. The second-order valence-electron chi connectivity index (χ2n) is 26.2. The zero-order valence-corrected chi connectivity index (χ0v) is 56.0. The minimum atomic E-state index is -1.83. The molecule has 26 atom stereocenters. The van der Waals surface area contributed by atoms with Crippen LogP contribution in [0.2, 0.25) is 0 Å². The van der Waals surface area contributed by atoms with Gasteiger partial charge in [-0.15, -0.1) is 0 Å². The average Bonchev–Trinajstić information content (AvgIpc) is 1.04. The van der Waals surface area contributed by atoms with Gasteiger partial charge in [-0.2, -0.15) is 0 Å². The molecule has 2 aliphatic heterocycles. The Hall–Kier alpha value is -3.30. The minimum Gasteiger partial charge on any atom is -0.394 e. The maximum Gasteiger partial charge on any atom is 0.115 e. The van der Waals surface area contributed by atoms with E-state index in [1.807, 2.05) is 43.4 Å². The molecule has 2 heterocycles. The Morgan fingerprint density at radius 2 is 1.00 bits per heavy atom. The van der Waals surface area contributed by atoms with E-state index < -0.39 is 159 Å². The number of aliphatic hydroxyl groups excluding tert-OH is 22. The van der Waals surface area contributed by atoms with Crippen molar-refractivity contribution in [3.8, 4) is 0 Å². The molecule has 22 N–H and O–H groups in total. The first-order valence-electron chi connectivity index (χ1n) is 34.2. The van der Waals surface area contributed by atoms with Gasteiger partial charge in [-0.3, -0.25) is 0 Å². The van der Waals surface area contributed by atoms with E-state index in [2.05, 4.69) is 18.7 Å². The molecule has 95 heavy (non-hydrogen) atoms. The lowest BCUT2D eigenvalue weighted by Gasteiger charge is -2.42. The van der Waals surface area contributed by atoms with E-state index in [1.165, 1.54) is 18.2 Å². The monoisotopic (exact) mass is 1360 g/mol. The number of rotatable bonds is 50. The second-order valence-corrected chi connectivity index (χ2v) is 26.2. The lowest BCUT2D eigenvalue weighted by molar-refractivity contribution is -0.234. The fourth-order valence-corrected chi connectivity index (χ4v) is 11.5. The summed E-state index contributed by atoms with van der Waals surface area (Å²) < 4.78 is 11.6. The van der Waals surface area contributed by atoms with Crippen molar-refractivity contribution in [1.82, 2.24) is 0 Å². The van der Waals surface area contributed by atoms with Crippen LogP contribution in [0.1, 0.15) is 168 Å². The van der Waals surface area contributed by atoms with E-state index in [-0.39, 0.29) is 82.8 Å². The van der Waals surface area contributed by atoms with Crippen LogP contribution in [0, 0.1) is 5.92 Å². The first kappa shape index (κ1) is 87.8. The van der Waals surface area contributed by atoms with Gasteiger partial charge < -0.3 is 122 Å². The molecule has 0 aromatic carbocycles. The molecule has 0 aromatic rings. The van der Waals surface area contributed by atoms with Crippen LogP contribution in [-0.4, -0.2) is 272 Å². The number of hydrogen-bond donors (Lipinski definition) is 22. The second kappa shape index (κ2) is 49.3. The van der Waals surface area contributed by atoms with Gasteiger partial charge in [0.25, 0.3) is 0 Å². The molecule has 0 aliphatic carbocycles. The topological polar surface area (TPSA) is 464 Å². The minimum absolute atomic E-state index is 0.00313. The van der Waals surface area contributed by atoms with E-state index >= 15 is 0 Å². The van der Waals surface area contributed by atoms with Crippen molar-refractivity contribution in [1.29, 1.82) is 0 Å². The van der Waals surface area contributed by atoms with Crippen molar-refractivity contribution in [2.45, 2.75) is 321 Å². The van der Waals surface area contributed by atoms with E-state index in [9.17, 15) is 107 Å².